The van der Waals surface area contributed by atoms with E-state index in [1.54, 1.807) is 0 Å². The Balaban J connectivity index is 1.92. The number of aromatic amines is 1. The molecular weight excluding hydrogens is 246 g/mol. The largest absolute Gasteiger partial charge is 0.358 e. The van der Waals surface area contributed by atoms with Gasteiger partial charge >= 0.3 is 0 Å². The number of fused-ring (bicyclic) bond motifs is 6. The average Bonchev–Trinajstić information content (AvgIpc) is 2.69. The molecule has 0 saturated carbocycles. The Morgan fingerprint density at radius 3 is 2.89 bits per heavy atom. The molecular formula is C15H16F2N2. The van der Waals surface area contributed by atoms with Crippen LogP contribution in [0.4, 0.5) is 8.78 Å². The smallest absolute Gasteiger partial charge is 0.160 e. The normalized spacial score (nSPS) is 26.2. The van der Waals surface area contributed by atoms with Crippen molar-refractivity contribution in [3.8, 4) is 0 Å². The summed E-state index contributed by atoms with van der Waals surface area (Å²) in [6.45, 7) is 3.27. The molecule has 4 heteroatoms. The fourth-order valence-corrected chi connectivity index (χ4v) is 3.65. The summed E-state index contributed by atoms with van der Waals surface area (Å²) < 4.78 is 26.8. The Hall–Kier alpha value is -1.42. The molecule has 1 N–H and O–H groups in total. The van der Waals surface area contributed by atoms with Crippen LogP contribution in [-0.4, -0.2) is 29.5 Å². The van der Waals surface area contributed by atoms with Crippen LogP contribution in [0.1, 0.15) is 30.0 Å². The van der Waals surface area contributed by atoms with Crippen LogP contribution in [0.3, 0.4) is 0 Å². The Kier molecular flexibility index (Phi) is 2.42. The van der Waals surface area contributed by atoms with E-state index in [2.05, 4.69) is 9.88 Å². The summed E-state index contributed by atoms with van der Waals surface area (Å²) in [4.78, 5) is 5.83. The van der Waals surface area contributed by atoms with Crippen LogP contribution < -0.4 is 0 Å². The Morgan fingerprint density at radius 1 is 1.16 bits per heavy atom. The van der Waals surface area contributed by atoms with E-state index in [0.717, 1.165) is 30.4 Å². The van der Waals surface area contributed by atoms with Crippen LogP contribution in [0.2, 0.25) is 0 Å². The Labute approximate surface area is 110 Å². The van der Waals surface area contributed by atoms with E-state index in [-0.39, 0.29) is 0 Å². The van der Waals surface area contributed by atoms with E-state index in [0.29, 0.717) is 5.92 Å². The van der Waals surface area contributed by atoms with Crippen molar-refractivity contribution in [1.29, 1.82) is 0 Å². The van der Waals surface area contributed by atoms with Gasteiger partial charge in [-0.25, -0.2) is 8.78 Å². The fraction of sp³-hybridized carbons (Fsp3) is 0.467. The molecule has 1 fully saturated rings. The predicted molar refractivity (Wildman–Crippen MR) is 70.3 cm³/mol. The van der Waals surface area contributed by atoms with E-state index in [9.17, 15) is 8.78 Å². The van der Waals surface area contributed by atoms with Gasteiger partial charge in [0.05, 0.1) is 0 Å². The lowest BCUT2D eigenvalue weighted by molar-refractivity contribution is 0.217. The van der Waals surface area contributed by atoms with Crippen LogP contribution in [0.5, 0.6) is 0 Å². The highest BCUT2D eigenvalue weighted by atomic mass is 19.2. The molecule has 2 atom stereocenters. The van der Waals surface area contributed by atoms with Crippen molar-refractivity contribution in [1.82, 2.24) is 9.88 Å². The summed E-state index contributed by atoms with van der Waals surface area (Å²) in [5.74, 6) is -1.03. The first-order chi connectivity index (χ1) is 9.22. The average molecular weight is 262 g/mol. The van der Waals surface area contributed by atoms with Crippen molar-refractivity contribution in [2.24, 2.45) is 0 Å². The molecule has 4 rings (SSSR count). The second-order valence-corrected chi connectivity index (χ2v) is 5.72. The second-order valence-electron chi connectivity index (χ2n) is 5.72. The van der Waals surface area contributed by atoms with Crippen molar-refractivity contribution in [3.63, 3.8) is 0 Å². The van der Waals surface area contributed by atoms with Crippen molar-refractivity contribution in [2.75, 3.05) is 19.6 Å². The number of H-pyrrole nitrogens is 1. The lowest BCUT2D eigenvalue weighted by Gasteiger charge is -2.29. The van der Waals surface area contributed by atoms with Gasteiger partial charge in [-0.05, 0) is 37.4 Å². The maximum atomic E-state index is 13.5. The van der Waals surface area contributed by atoms with Gasteiger partial charge in [-0.3, -0.25) is 0 Å². The fourth-order valence-electron chi connectivity index (χ4n) is 3.65. The Bertz CT molecular complexity index is 647. The third-order valence-corrected chi connectivity index (χ3v) is 4.57. The van der Waals surface area contributed by atoms with E-state index in [4.69, 9.17) is 0 Å². The zero-order valence-electron chi connectivity index (χ0n) is 10.7. The molecule has 1 aromatic heterocycles. The van der Waals surface area contributed by atoms with Gasteiger partial charge in [0, 0.05) is 41.7 Å². The molecule has 2 bridgehead atoms. The first-order valence-corrected chi connectivity index (χ1v) is 6.94. The molecule has 2 aliphatic heterocycles. The first-order valence-electron chi connectivity index (χ1n) is 6.94. The molecule has 2 aliphatic rings. The lowest BCUT2D eigenvalue weighted by atomic mass is 9.93. The molecule has 0 aliphatic carbocycles. The van der Waals surface area contributed by atoms with Crippen LogP contribution in [0.15, 0.2) is 12.1 Å². The SMILES string of the molecule is Fc1cc2[nH]c3c(c2cc1F)CCN1CCCC3C1. The minimum Gasteiger partial charge on any atom is -0.358 e. The molecule has 0 amide bonds. The number of aromatic nitrogens is 1. The van der Waals surface area contributed by atoms with Gasteiger partial charge in [-0.15, -0.1) is 0 Å². The van der Waals surface area contributed by atoms with Gasteiger partial charge in [-0.2, -0.15) is 0 Å². The summed E-state index contributed by atoms with van der Waals surface area (Å²) in [5, 5.41) is 0.864. The molecule has 2 unspecified atom stereocenters. The molecule has 1 aromatic carbocycles. The molecule has 0 spiro atoms. The van der Waals surface area contributed by atoms with Crippen LogP contribution in [0, 0.1) is 11.6 Å². The maximum Gasteiger partial charge on any atom is 0.160 e. The van der Waals surface area contributed by atoms with Crippen LogP contribution in [0.25, 0.3) is 10.9 Å². The summed E-state index contributed by atoms with van der Waals surface area (Å²) in [7, 11) is 0. The highest BCUT2D eigenvalue weighted by molar-refractivity contribution is 5.85. The predicted octanol–water partition coefficient (Wildman–Crippen LogP) is 3.18. The number of benzene rings is 1. The quantitative estimate of drug-likeness (QED) is 0.772. The first kappa shape index (κ1) is 11.4. The molecule has 100 valence electrons. The van der Waals surface area contributed by atoms with Crippen LogP contribution in [-0.2, 0) is 6.42 Å². The number of rotatable bonds is 0. The zero-order chi connectivity index (χ0) is 13.0. The van der Waals surface area contributed by atoms with E-state index in [1.165, 1.54) is 42.8 Å². The summed E-state index contributed by atoms with van der Waals surface area (Å²) >= 11 is 0. The van der Waals surface area contributed by atoms with E-state index < -0.39 is 11.6 Å². The van der Waals surface area contributed by atoms with Gasteiger partial charge in [-0.1, -0.05) is 0 Å². The molecule has 1 saturated heterocycles. The number of halogens is 2. The van der Waals surface area contributed by atoms with Crippen LogP contribution >= 0.6 is 0 Å². The topological polar surface area (TPSA) is 19.0 Å². The number of hydrogen-bond donors (Lipinski definition) is 1. The highest BCUT2D eigenvalue weighted by Crippen LogP contribution is 2.36. The summed E-state index contributed by atoms with van der Waals surface area (Å²) in [6, 6.07) is 2.64. The highest BCUT2D eigenvalue weighted by Gasteiger charge is 2.29. The monoisotopic (exact) mass is 262 g/mol. The van der Waals surface area contributed by atoms with Gasteiger partial charge in [0.15, 0.2) is 11.6 Å². The minimum atomic E-state index is -0.769. The third-order valence-electron chi connectivity index (χ3n) is 4.57. The summed E-state index contributed by atoms with van der Waals surface area (Å²) in [6.07, 6.45) is 3.31. The number of nitrogens with zero attached hydrogens (tertiary/aromatic N) is 1. The van der Waals surface area contributed by atoms with Gasteiger partial charge in [0.25, 0.3) is 0 Å². The van der Waals surface area contributed by atoms with E-state index >= 15 is 0 Å². The molecule has 3 heterocycles. The Morgan fingerprint density at radius 2 is 2.00 bits per heavy atom. The number of piperidine rings is 1. The van der Waals surface area contributed by atoms with Crippen molar-refractivity contribution in [2.45, 2.75) is 25.2 Å². The van der Waals surface area contributed by atoms with Crippen molar-refractivity contribution >= 4 is 10.9 Å². The van der Waals surface area contributed by atoms with Gasteiger partial charge in [0.1, 0.15) is 0 Å². The van der Waals surface area contributed by atoms with Crippen molar-refractivity contribution in [3.05, 3.63) is 35.0 Å². The minimum absolute atomic E-state index is 0.491. The van der Waals surface area contributed by atoms with Gasteiger partial charge in [0.2, 0.25) is 0 Å². The third kappa shape index (κ3) is 1.70. The van der Waals surface area contributed by atoms with Crippen molar-refractivity contribution < 1.29 is 8.78 Å². The molecule has 2 nitrogen and oxygen atoms in total. The van der Waals surface area contributed by atoms with E-state index in [1.807, 2.05) is 0 Å². The standard InChI is InChI=1S/C15H16F2N2/c16-12-6-11-10-3-5-19-4-1-2-9(8-19)15(10)18-14(11)7-13(12)17/h6-7,9,18H,1-5,8H2. The zero-order valence-corrected chi connectivity index (χ0v) is 10.7. The molecule has 2 aromatic rings. The second kappa shape index (κ2) is 4.04. The summed E-state index contributed by atoms with van der Waals surface area (Å²) in [5.41, 5.74) is 3.15. The van der Waals surface area contributed by atoms with Gasteiger partial charge < -0.3 is 9.88 Å². The lowest BCUT2D eigenvalue weighted by Crippen LogP contribution is -2.33. The molecule has 19 heavy (non-hydrogen) atoms. The number of hydrogen-bond acceptors (Lipinski definition) is 1. The number of nitrogens with one attached hydrogen (secondary N) is 1. The maximum absolute atomic E-state index is 13.5. The molecule has 0 radical (unpaired) electrons.